The fourth-order valence-electron chi connectivity index (χ4n) is 4.91. The topological polar surface area (TPSA) is 123 Å². The number of nitrogens with zero attached hydrogens (tertiary/aromatic N) is 3. The quantitative estimate of drug-likeness (QED) is 0.284. The summed E-state index contributed by atoms with van der Waals surface area (Å²) < 4.78 is 21.6. The monoisotopic (exact) mass is 643 g/mol. The molecule has 2 aliphatic heterocycles. The maximum Gasteiger partial charge on any atom is 0.318 e. The second-order valence-corrected chi connectivity index (χ2v) is 12.0. The van der Waals surface area contributed by atoms with Crippen LogP contribution in [0.3, 0.4) is 0 Å². The first-order chi connectivity index (χ1) is 20.8. The summed E-state index contributed by atoms with van der Waals surface area (Å²) in [7, 11) is 0. The van der Waals surface area contributed by atoms with Gasteiger partial charge in [-0.1, -0.05) is 65.7 Å². The molecule has 4 atom stereocenters. The third kappa shape index (κ3) is 17.8. The first-order valence-corrected chi connectivity index (χ1v) is 15.6. The molecule has 0 bridgehead atoms. The van der Waals surface area contributed by atoms with Crippen molar-refractivity contribution < 1.29 is 29.4 Å². The molecule has 12 heteroatoms. The van der Waals surface area contributed by atoms with E-state index < -0.39 is 11.4 Å². The van der Waals surface area contributed by atoms with E-state index in [1.807, 2.05) is 43.0 Å². The summed E-state index contributed by atoms with van der Waals surface area (Å²) in [6, 6.07) is 10.7. The van der Waals surface area contributed by atoms with Crippen LogP contribution in [-0.2, 0) is 19.2 Å². The fraction of sp³-hybridized carbons (Fsp3) is 0.656. The van der Waals surface area contributed by atoms with Crippen LogP contribution in [-0.4, -0.2) is 72.0 Å². The van der Waals surface area contributed by atoms with E-state index in [1.165, 1.54) is 30.6 Å². The molecule has 4 rings (SSSR count). The van der Waals surface area contributed by atoms with E-state index in [4.69, 9.17) is 5.26 Å². The van der Waals surface area contributed by atoms with Crippen molar-refractivity contribution in [3.8, 4) is 6.07 Å². The third-order valence-corrected chi connectivity index (χ3v) is 6.70. The van der Waals surface area contributed by atoms with Crippen molar-refractivity contribution >= 4 is 41.9 Å². The molecule has 2 heterocycles. The molecular formula is C32H52ClF2N5O4. The number of carbonyl (C=O) groups excluding carboxylic acids is 4. The van der Waals surface area contributed by atoms with Gasteiger partial charge in [0.15, 0.2) is 0 Å². The van der Waals surface area contributed by atoms with Gasteiger partial charge in [-0.15, -0.1) is 0 Å². The molecule has 1 saturated carbocycles. The van der Waals surface area contributed by atoms with Crippen LogP contribution in [0, 0.1) is 35.0 Å². The number of para-hydroxylation sites is 1. The van der Waals surface area contributed by atoms with Crippen LogP contribution in [0.25, 0.3) is 0 Å². The summed E-state index contributed by atoms with van der Waals surface area (Å²) in [6.45, 7) is 13.4. The number of amides is 4. The number of nitrogens with one attached hydrogen (secondary N) is 2. The largest absolute Gasteiger partial charge is 0.350 e. The lowest BCUT2D eigenvalue weighted by atomic mass is 9.82. The lowest BCUT2D eigenvalue weighted by Crippen LogP contribution is -2.36. The number of anilines is 1. The van der Waals surface area contributed by atoms with Crippen molar-refractivity contribution in [2.45, 2.75) is 85.1 Å². The summed E-state index contributed by atoms with van der Waals surface area (Å²) in [5, 5.41) is 11.1. The smallest absolute Gasteiger partial charge is 0.318 e. The van der Waals surface area contributed by atoms with Crippen LogP contribution in [0.4, 0.5) is 14.5 Å². The molecule has 2 saturated heterocycles. The van der Waals surface area contributed by atoms with Gasteiger partial charge in [0.05, 0.1) is 18.5 Å². The van der Waals surface area contributed by atoms with Gasteiger partial charge in [0, 0.05) is 33.7 Å². The predicted octanol–water partition coefficient (Wildman–Crippen LogP) is 6.15. The number of benzene rings is 1. The zero-order valence-electron chi connectivity index (χ0n) is 26.9. The van der Waals surface area contributed by atoms with Gasteiger partial charge in [-0.2, -0.15) is 14.0 Å². The zero-order valence-corrected chi connectivity index (χ0v) is 27.7. The number of rotatable bonds is 6. The number of carbonyl (C=O) groups is 4. The summed E-state index contributed by atoms with van der Waals surface area (Å²) in [4.78, 5) is 47.8. The molecule has 9 nitrogen and oxygen atoms in total. The van der Waals surface area contributed by atoms with E-state index in [0.717, 1.165) is 36.5 Å². The molecular weight excluding hydrogens is 592 g/mol. The molecule has 4 amide bonds. The molecule has 3 fully saturated rings. The third-order valence-electron chi connectivity index (χ3n) is 6.70. The number of hydrogen-bond acceptors (Lipinski definition) is 5. The van der Waals surface area contributed by atoms with Gasteiger partial charge >= 0.3 is 5.38 Å². The van der Waals surface area contributed by atoms with Gasteiger partial charge in [-0.3, -0.25) is 19.2 Å². The average molecular weight is 644 g/mol. The van der Waals surface area contributed by atoms with Crippen LogP contribution in [0.2, 0.25) is 0 Å². The molecule has 2 N–H and O–H groups in total. The Morgan fingerprint density at radius 2 is 1.59 bits per heavy atom. The number of halogens is 3. The highest BCUT2D eigenvalue weighted by atomic mass is 35.5. The van der Waals surface area contributed by atoms with E-state index in [-0.39, 0.29) is 25.7 Å². The second kappa shape index (κ2) is 22.3. The maximum atomic E-state index is 12.0. The lowest BCUT2D eigenvalue weighted by Gasteiger charge is -2.22. The van der Waals surface area contributed by atoms with Crippen molar-refractivity contribution in [2.75, 3.05) is 31.5 Å². The van der Waals surface area contributed by atoms with Gasteiger partial charge < -0.3 is 20.4 Å². The van der Waals surface area contributed by atoms with Crippen molar-refractivity contribution in [1.82, 2.24) is 15.1 Å². The Balaban J connectivity index is 0. The molecule has 1 aromatic rings. The molecule has 0 radical (unpaired) electrons. The standard InChI is InChI=1S/C13H13N3O2.C11H18N2O2.C4H10.C2H3ClF2.C2H6.H2/c14-7-12-6-10(8-16(12)9-17)13(18)15-11-4-2-1-3-5-11;14-8-12-5-11(15)13-6-9-3-1-2-4-10(9)7-13;1-4(2)3;1-2(3,4)5;1-2;/h1-5,9-10,12H,6,8H2,(H,15,18);8-10H,1-7H2,(H,12,14);4H,1-3H3;1H3;1-2H3;1H. The van der Waals surface area contributed by atoms with Gasteiger partial charge in [0.2, 0.25) is 24.6 Å². The molecule has 1 aromatic carbocycles. The summed E-state index contributed by atoms with van der Waals surface area (Å²) >= 11 is 4.20. The van der Waals surface area contributed by atoms with E-state index >= 15 is 0 Å². The van der Waals surface area contributed by atoms with Crippen molar-refractivity contribution in [1.29, 1.82) is 5.26 Å². The van der Waals surface area contributed by atoms with Gasteiger partial charge in [-0.05, 0) is 60.7 Å². The summed E-state index contributed by atoms with van der Waals surface area (Å²) in [5.41, 5.74) is 0.723. The minimum absolute atomic E-state index is 0. The molecule has 0 aromatic heterocycles. The minimum Gasteiger partial charge on any atom is -0.350 e. The van der Waals surface area contributed by atoms with Gasteiger partial charge in [0.1, 0.15) is 6.04 Å². The first-order valence-electron chi connectivity index (χ1n) is 15.3. The predicted molar refractivity (Wildman–Crippen MR) is 172 cm³/mol. The average Bonchev–Trinajstić information content (AvgIpc) is 3.61. The van der Waals surface area contributed by atoms with E-state index in [0.29, 0.717) is 32.7 Å². The molecule has 4 unspecified atom stereocenters. The van der Waals surface area contributed by atoms with Crippen LogP contribution in [0.1, 0.15) is 75.1 Å². The Labute approximate surface area is 268 Å². The van der Waals surface area contributed by atoms with Gasteiger partial charge in [-0.25, -0.2) is 0 Å². The maximum absolute atomic E-state index is 12.0. The van der Waals surface area contributed by atoms with Crippen molar-refractivity contribution in [3.63, 3.8) is 0 Å². The number of hydrogen-bond donors (Lipinski definition) is 2. The van der Waals surface area contributed by atoms with Crippen LogP contribution >= 0.6 is 11.6 Å². The minimum atomic E-state index is -3.03. The highest BCUT2D eigenvalue weighted by Crippen LogP contribution is 2.35. The SMILES string of the molecule is CC.CC(C)C.CC(F)(F)Cl.N#CC1CC(C(=O)Nc2ccccc2)CN1C=O.O=CNCC(=O)N1CC2CCCCC2C1.[HH]. The Hall–Kier alpha value is -3.26. The van der Waals surface area contributed by atoms with E-state index in [2.05, 4.69) is 43.0 Å². The van der Waals surface area contributed by atoms with Crippen LogP contribution in [0.15, 0.2) is 30.3 Å². The Kier molecular flexibility index (Phi) is 20.6. The van der Waals surface area contributed by atoms with Crippen molar-refractivity contribution in [2.24, 2.45) is 23.7 Å². The molecule has 0 spiro atoms. The lowest BCUT2D eigenvalue weighted by molar-refractivity contribution is -0.130. The molecule has 3 aliphatic rings. The zero-order chi connectivity index (χ0) is 33.7. The Bertz CT molecular complexity index is 1000. The van der Waals surface area contributed by atoms with Crippen LogP contribution in [0.5, 0.6) is 0 Å². The summed E-state index contributed by atoms with van der Waals surface area (Å²) in [6.07, 6.45) is 6.79. The number of nitriles is 1. The normalized spacial score (nSPS) is 21.6. The summed E-state index contributed by atoms with van der Waals surface area (Å²) in [5.74, 6) is 1.88. The first kappa shape index (κ1) is 40.7. The Morgan fingerprint density at radius 1 is 1.09 bits per heavy atom. The fourth-order valence-corrected chi connectivity index (χ4v) is 4.91. The van der Waals surface area contributed by atoms with E-state index in [9.17, 15) is 28.0 Å². The van der Waals surface area contributed by atoms with Crippen LogP contribution < -0.4 is 10.6 Å². The molecule has 1 aliphatic carbocycles. The number of alkyl halides is 3. The van der Waals surface area contributed by atoms with Crippen molar-refractivity contribution in [3.05, 3.63) is 30.3 Å². The number of likely N-dealkylation sites (tertiary alicyclic amines) is 2. The molecule has 44 heavy (non-hydrogen) atoms. The van der Waals surface area contributed by atoms with Gasteiger partial charge in [0.25, 0.3) is 0 Å². The highest BCUT2D eigenvalue weighted by molar-refractivity contribution is 6.21. The molecule has 250 valence electrons. The second-order valence-electron chi connectivity index (χ2n) is 11.4. The van der Waals surface area contributed by atoms with E-state index in [1.54, 1.807) is 12.1 Å². The Morgan fingerprint density at radius 3 is 2.00 bits per heavy atom. The highest BCUT2D eigenvalue weighted by Gasteiger charge is 2.36. The number of fused-ring (bicyclic) bond motifs is 1.